The van der Waals surface area contributed by atoms with Gasteiger partial charge in [-0.3, -0.25) is 4.79 Å². The van der Waals surface area contributed by atoms with Crippen LogP contribution in [0.2, 0.25) is 0 Å². The molecule has 2 N–H and O–H groups in total. The molecular weight excluding hydrogens is 374 g/mol. The molecule has 9 heteroatoms. The summed E-state index contributed by atoms with van der Waals surface area (Å²) in [6.07, 6.45) is 0.345. The molecule has 3 rings (SSSR count). The number of carbonyl (C=O) groups is 2. The van der Waals surface area contributed by atoms with Crippen molar-refractivity contribution < 1.29 is 33.0 Å². The lowest BCUT2D eigenvalue weighted by atomic mass is 10.0. The first kappa shape index (κ1) is 19.0. The van der Waals surface area contributed by atoms with E-state index in [9.17, 15) is 28.2 Å². The fourth-order valence-corrected chi connectivity index (χ4v) is 4.86. The summed E-state index contributed by atoms with van der Waals surface area (Å²) in [4.78, 5) is 25.7. The Morgan fingerprint density at radius 2 is 1.89 bits per heavy atom. The highest BCUT2D eigenvalue weighted by atomic mass is 32.2. The van der Waals surface area contributed by atoms with Crippen LogP contribution in [0.1, 0.15) is 16.8 Å². The van der Waals surface area contributed by atoms with E-state index in [-0.39, 0.29) is 34.0 Å². The summed E-state index contributed by atoms with van der Waals surface area (Å²) in [7, 11) is -1.68. The van der Waals surface area contributed by atoms with Gasteiger partial charge in [0.05, 0.1) is 11.5 Å². The van der Waals surface area contributed by atoms with Gasteiger partial charge >= 0.3 is 5.97 Å². The van der Waals surface area contributed by atoms with Gasteiger partial charge in [-0.1, -0.05) is 24.3 Å². The van der Waals surface area contributed by atoms with Crippen LogP contribution in [0.4, 0.5) is 0 Å². The highest BCUT2D eigenvalue weighted by molar-refractivity contribution is 7.91. The maximum atomic E-state index is 12.3. The lowest BCUT2D eigenvalue weighted by molar-refractivity contribution is -0.134. The van der Waals surface area contributed by atoms with E-state index in [0.29, 0.717) is 11.8 Å². The number of amides is 1. The largest absolute Gasteiger partial charge is 0.507 e. The highest BCUT2D eigenvalue weighted by Gasteiger charge is 2.33. The molecule has 0 saturated carbocycles. The predicted octanol–water partition coefficient (Wildman–Crippen LogP) is 1.05. The zero-order valence-electron chi connectivity index (χ0n) is 14.6. The van der Waals surface area contributed by atoms with Gasteiger partial charge in [-0.25, -0.2) is 13.2 Å². The maximum absolute atomic E-state index is 12.3. The van der Waals surface area contributed by atoms with Crippen LogP contribution in [-0.4, -0.2) is 66.6 Å². The van der Waals surface area contributed by atoms with Crippen LogP contribution < -0.4 is 0 Å². The van der Waals surface area contributed by atoms with E-state index in [1.54, 1.807) is 24.3 Å². The van der Waals surface area contributed by atoms with Crippen molar-refractivity contribution in [1.82, 2.24) is 4.90 Å². The van der Waals surface area contributed by atoms with Crippen LogP contribution in [0.25, 0.3) is 10.8 Å². The molecule has 1 unspecified atom stereocenters. The fraction of sp³-hybridized carbons (Fsp3) is 0.333. The molecule has 1 atom stereocenters. The molecule has 1 amide bonds. The van der Waals surface area contributed by atoms with Crippen LogP contribution in [0.3, 0.4) is 0 Å². The van der Waals surface area contributed by atoms with Crippen LogP contribution in [0.15, 0.2) is 30.3 Å². The molecule has 1 fully saturated rings. The van der Waals surface area contributed by atoms with Gasteiger partial charge < -0.3 is 19.8 Å². The van der Waals surface area contributed by atoms with Crippen molar-refractivity contribution in [1.29, 1.82) is 0 Å². The highest BCUT2D eigenvalue weighted by Crippen LogP contribution is 2.35. The topological polar surface area (TPSA) is 121 Å². The number of fused-ring (bicyclic) bond motifs is 1. The van der Waals surface area contributed by atoms with Gasteiger partial charge in [0.2, 0.25) is 0 Å². The minimum atomic E-state index is -3.14. The maximum Gasteiger partial charge on any atom is 0.342 e. The van der Waals surface area contributed by atoms with Gasteiger partial charge in [-0.05, 0) is 12.5 Å². The van der Waals surface area contributed by atoms with Crippen molar-refractivity contribution in [2.24, 2.45) is 0 Å². The van der Waals surface area contributed by atoms with Gasteiger partial charge in [0.25, 0.3) is 5.91 Å². The number of rotatable bonds is 4. The third-order valence-corrected chi connectivity index (χ3v) is 6.44. The number of phenols is 2. The van der Waals surface area contributed by atoms with Gasteiger partial charge in [0.1, 0.15) is 17.1 Å². The number of likely N-dealkylation sites (N-methyl/N-ethyl adjacent to an activating group) is 1. The molecular formula is C18H19NO7S. The molecule has 0 aromatic heterocycles. The minimum Gasteiger partial charge on any atom is -0.507 e. The van der Waals surface area contributed by atoms with Crippen molar-refractivity contribution >= 4 is 32.5 Å². The first-order valence-electron chi connectivity index (χ1n) is 8.26. The number of aromatic hydroxyl groups is 2. The van der Waals surface area contributed by atoms with Gasteiger partial charge in [0, 0.05) is 23.9 Å². The summed E-state index contributed by atoms with van der Waals surface area (Å²) in [5.74, 6) is -2.14. The molecule has 27 heavy (non-hydrogen) atoms. The Bertz CT molecular complexity index is 1020. The lowest BCUT2D eigenvalue weighted by Crippen LogP contribution is -2.40. The van der Waals surface area contributed by atoms with Crippen molar-refractivity contribution in [2.45, 2.75) is 12.5 Å². The standard InChI is InChI=1S/C18H19NO7S/c1-19(11-6-7-27(24,25)10-11)16(21)9-26-18(23)14-8-15(20)12-4-2-3-5-13(12)17(14)22/h2-5,8,11,20,22H,6-7,9-10H2,1H3. The van der Waals surface area contributed by atoms with E-state index in [1.807, 2.05) is 0 Å². The number of phenolic OH excluding ortho intramolecular Hbond substituents is 2. The number of hydrogen-bond acceptors (Lipinski definition) is 7. The molecule has 1 aliphatic heterocycles. The van der Waals surface area contributed by atoms with Crippen molar-refractivity contribution in [3.05, 3.63) is 35.9 Å². The molecule has 1 aliphatic rings. The molecule has 2 aromatic carbocycles. The Hall–Kier alpha value is -2.81. The van der Waals surface area contributed by atoms with E-state index in [1.165, 1.54) is 11.9 Å². The second-order valence-corrected chi connectivity index (χ2v) is 8.70. The lowest BCUT2D eigenvalue weighted by Gasteiger charge is -2.23. The van der Waals surface area contributed by atoms with E-state index >= 15 is 0 Å². The average Bonchev–Trinajstić information content (AvgIpc) is 3.01. The normalized spacial score (nSPS) is 18.3. The summed E-state index contributed by atoms with van der Waals surface area (Å²) in [6, 6.07) is 7.09. The molecule has 0 bridgehead atoms. The molecule has 8 nitrogen and oxygen atoms in total. The summed E-state index contributed by atoms with van der Waals surface area (Å²) >= 11 is 0. The minimum absolute atomic E-state index is 0.0271. The summed E-state index contributed by atoms with van der Waals surface area (Å²) in [6.45, 7) is -0.598. The van der Waals surface area contributed by atoms with E-state index in [2.05, 4.69) is 0 Å². The van der Waals surface area contributed by atoms with Crippen LogP contribution in [0, 0.1) is 0 Å². The molecule has 2 aromatic rings. The van der Waals surface area contributed by atoms with Crippen LogP contribution in [-0.2, 0) is 19.4 Å². The number of hydrogen-bond donors (Lipinski definition) is 2. The van der Waals surface area contributed by atoms with Gasteiger partial charge in [0.15, 0.2) is 16.4 Å². The van der Waals surface area contributed by atoms with Crippen molar-refractivity contribution in [3.63, 3.8) is 0 Å². The SMILES string of the molecule is CN(C(=O)COC(=O)c1cc(O)c2ccccc2c1O)C1CCS(=O)(=O)C1. The number of esters is 1. The summed E-state index contributed by atoms with van der Waals surface area (Å²) in [5, 5.41) is 21.0. The molecule has 0 radical (unpaired) electrons. The Morgan fingerprint density at radius 3 is 2.52 bits per heavy atom. The van der Waals surface area contributed by atoms with E-state index < -0.39 is 34.4 Å². The summed E-state index contributed by atoms with van der Waals surface area (Å²) < 4.78 is 28.0. The molecule has 1 saturated heterocycles. The van der Waals surface area contributed by atoms with E-state index in [0.717, 1.165) is 6.07 Å². The Morgan fingerprint density at radius 1 is 1.22 bits per heavy atom. The van der Waals surface area contributed by atoms with Crippen molar-refractivity contribution in [2.75, 3.05) is 25.2 Å². The van der Waals surface area contributed by atoms with Crippen LogP contribution >= 0.6 is 0 Å². The first-order valence-corrected chi connectivity index (χ1v) is 10.1. The zero-order valence-corrected chi connectivity index (χ0v) is 15.4. The number of nitrogens with zero attached hydrogens (tertiary/aromatic N) is 1. The number of carbonyl (C=O) groups excluding carboxylic acids is 2. The third kappa shape index (κ3) is 3.82. The molecule has 144 valence electrons. The van der Waals surface area contributed by atoms with Gasteiger partial charge in [-0.15, -0.1) is 0 Å². The molecule has 0 aliphatic carbocycles. The average molecular weight is 393 g/mol. The quantitative estimate of drug-likeness (QED) is 0.588. The number of benzene rings is 2. The van der Waals surface area contributed by atoms with E-state index in [4.69, 9.17) is 4.74 Å². The number of sulfone groups is 1. The van der Waals surface area contributed by atoms with Gasteiger partial charge in [-0.2, -0.15) is 0 Å². The second-order valence-electron chi connectivity index (χ2n) is 6.48. The molecule has 0 spiro atoms. The summed E-state index contributed by atoms with van der Waals surface area (Å²) in [5.41, 5.74) is -0.259. The first-order chi connectivity index (χ1) is 12.7. The fourth-order valence-electron chi connectivity index (χ4n) is 3.09. The smallest absolute Gasteiger partial charge is 0.342 e. The monoisotopic (exact) mass is 393 g/mol. The molecule has 1 heterocycles. The Kier molecular flexibility index (Phi) is 4.97. The predicted molar refractivity (Wildman–Crippen MR) is 97.4 cm³/mol. The van der Waals surface area contributed by atoms with Crippen molar-refractivity contribution in [3.8, 4) is 11.5 Å². The number of ether oxygens (including phenoxy) is 1. The Labute approximate surface area is 155 Å². The second kappa shape index (κ2) is 7.07. The third-order valence-electron chi connectivity index (χ3n) is 4.69. The zero-order chi connectivity index (χ0) is 19.8. The Balaban J connectivity index is 1.70. The van der Waals surface area contributed by atoms with Crippen LogP contribution in [0.5, 0.6) is 11.5 Å².